The van der Waals surface area contributed by atoms with Crippen molar-refractivity contribution in [1.82, 2.24) is 0 Å². The van der Waals surface area contributed by atoms with Crippen molar-refractivity contribution in [3.05, 3.63) is 200 Å². The minimum absolute atomic E-state index is 0.866. The van der Waals surface area contributed by atoms with Gasteiger partial charge in [0.1, 0.15) is 5.58 Å². The normalized spacial score (nSPS) is 11.2. The molecule has 0 radical (unpaired) electrons. The summed E-state index contributed by atoms with van der Waals surface area (Å²) in [6, 6.07) is 70.9. The van der Waals surface area contributed by atoms with Crippen LogP contribution < -0.4 is 4.90 Å². The Bertz CT molecular complexity index is 2440. The van der Waals surface area contributed by atoms with Crippen LogP contribution in [0.5, 0.6) is 0 Å². The molecular formula is C48H33NO. The average molecular weight is 640 g/mol. The minimum Gasteiger partial charge on any atom is -0.454 e. The smallest absolute Gasteiger partial charge is 0.159 e. The van der Waals surface area contributed by atoms with E-state index in [-0.39, 0.29) is 0 Å². The van der Waals surface area contributed by atoms with Gasteiger partial charge in [-0.3, -0.25) is 0 Å². The lowest BCUT2D eigenvalue weighted by Crippen LogP contribution is -2.10. The summed E-state index contributed by atoms with van der Waals surface area (Å²) in [7, 11) is 0. The van der Waals surface area contributed by atoms with E-state index in [9.17, 15) is 0 Å². The summed E-state index contributed by atoms with van der Waals surface area (Å²) in [4.78, 5) is 2.31. The second kappa shape index (κ2) is 12.8. The van der Waals surface area contributed by atoms with Gasteiger partial charge in [-0.05, 0) is 80.9 Å². The van der Waals surface area contributed by atoms with Crippen molar-refractivity contribution in [3.63, 3.8) is 0 Å². The molecule has 0 amide bonds. The molecule has 0 aliphatic heterocycles. The van der Waals surface area contributed by atoms with Crippen molar-refractivity contribution in [3.8, 4) is 44.5 Å². The molecular weight excluding hydrogens is 607 g/mol. The predicted molar refractivity (Wildman–Crippen MR) is 210 cm³/mol. The molecule has 2 nitrogen and oxygen atoms in total. The second-order valence-electron chi connectivity index (χ2n) is 12.5. The second-order valence-corrected chi connectivity index (χ2v) is 12.5. The maximum absolute atomic E-state index is 6.58. The molecule has 0 spiro atoms. The summed E-state index contributed by atoms with van der Waals surface area (Å²) in [6.07, 6.45) is 0. The summed E-state index contributed by atoms with van der Waals surface area (Å²) in [5.74, 6) is 0. The maximum atomic E-state index is 6.58. The zero-order chi connectivity index (χ0) is 33.3. The fourth-order valence-corrected chi connectivity index (χ4v) is 7.12. The topological polar surface area (TPSA) is 16.4 Å². The number of anilines is 3. The van der Waals surface area contributed by atoms with Crippen LogP contribution in [-0.4, -0.2) is 0 Å². The number of fused-ring (bicyclic) bond motifs is 3. The number of hydrogen-bond acceptors (Lipinski definition) is 2. The molecule has 236 valence electrons. The number of rotatable bonds is 7. The van der Waals surface area contributed by atoms with Crippen LogP contribution in [-0.2, 0) is 0 Å². The highest BCUT2D eigenvalue weighted by atomic mass is 16.3. The molecule has 0 bridgehead atoms. The maximum Gasteiger partial charge on any atom is 0.159 e. The molecule has 9 rings (SSSR count). The van der Waals surface area contributed by atoms with Gasteiger partial charge >= 0.3 is 0 Å². The molecule has 1 aromatic heterocycles. The van der Waals surface area contributed by atoms with E-state index in [1.165, 1.54) is 44.5 Å². The Labute approximate surface area is 292 Å². The Morgan fingerprint density at radius 1 is 0.300 bits per heavy atom. The summed E-state index contributed by atoms with van der Waals surface area (Å²) in [5.41, 5.74) is 14.5. The molecule has 0 N–H and O–H groups in total. The van der Waals surface area contributed by atoms with E-state index < -0.39 is 0 Å². The molecule has 0 saturated carbocycles. The van der Waals surface area contributed by atoms with Crippen molar-refractivity contribution < 1.29 is 4.42 Å². The van der Waals surface area contributed by atoms with Crippen molar-refractivity contribution >= 4 is 39.0 Å². The van der Waals surface area contributed by atoms with Crippen molar-refractivity contribution in [2.24, 2.45) is 0 Å². The number of benzene rings is 8. The van der Waals surface area contributed by atoms with Crippen LogP contribution in [0.4, 0.5) is 17.1 Å². The highest BCUT2D eigenvalue weighted by molar-refractivity contribution is 6.10. The average Bonchev–Trinajstić information content (AvgIpc) is 3.59. The first kappa shape index (κ1) is 29.5. The third kappa shape index (κ3) is 5.34. The Morgan fingerprint density at radius 3 is 1.20 bits per heavy atom. The standard InChI is InChI=1S/C48H33NO/c1-3-14-34(15-4-1)40-18-7-9-20-42(40)36-26-30-38(31-27-36)49(46-24-13-23-45-44-22-11-12-25-47(44)50-48(45)46)39-32-28-37(29-33-39)43-21-10-8-19-41(43)35-16-5-2-6-17-35/h1-33H. The first-order valence-electron chi connectivity index (χ1n) is 17.0. The van der Waals surface area contributed by atoms with E-state index in [1.54, 1.807) is 0 Å². The van der Waals surface area contributed by atoms with Crippen LogP contribution in [0, 0.1) is 0 Å². The SMILES string of the molecule is c1ccc(-c2ccccc2-c2ccc(N(c3ccc(-c4ccccc4-c4ccccc4)cc3)c3cccc4c3oc3ccccc34)cc2)cc1. The lowest BCUT2D eigenvalue weighted by atomic mass is 9.94. The summed E-state index contributed by atoms with van der Waals surface area (Å²) in [6.45, 7) is 0. The number of nitrogens with zero attached hydrogens (tertiary/aromatic N) is 1. The van der Waals surface area contributed by atoms with Crippen molar-refractivity contribution in [2.45, 2.75) is 0 Å². The van der Waals surface area contributed by atoms with Gasteiger partial charge < -0.3 is 9.32 Å². The van der Waals surface area contributed by atoms with Crippen molar-refractivity contribution in [1.29, 1.82) is 0 Å². The molecule has 0 aliphatic rings. The number of para-hydroxylation sites is 2. The van der Waals surface area contributed by atoms with Gasteiger partial charge in [-0.1, -0.05) is 164 Å². The molecule has 50 heavy (non-hydrogen) atoms. The van der Waals surface area contributed by atoms with Gasteiger partial charge in [0, 0.05) is 22.1 Å². The lowest BCUT2D eigenvalue weighted by Gasteiger charge is -2.26. The van der Waals surface area contributed by atoms with Crippen LogP contribution in [0.15, 0.2) is 205 Å². The van der Waals surface area contributed by atoms with E-state index in [2.05, 4.69) is 193 Å². The third-order valence-electron chi connectivity index (χ3n) is 9.52. The summed E-state index contributed by atoms with van der Waals surface area (Å²) in [5, 5.41) is 2.22. The molecule has 9 aromatic rings. The van der Waals surface area contributed by atoms with E-state index in [4.69, 9.17) is 4.42 Å². The highest BCUT2D eigenvalue weighted by Gasteiger charge is 2.20. The molecule has 0 unspecified atom stereocenters. The molecule has 0 atom stereocenters. The third-order valence-corrected chi connectivity index (χ3v) is 9.52. The Kier molecular flexibility index (Phi) is 7.53. The molecule has 0 aliphatic carbocycles. The molecule has 0 saturated heterocycles. The first-order valence-corrected chi connectivity index (χ1v) is 17.0. The quantitative estimate of drug-likeness (QED) is 0.173. The lowest BCUT2D eigenvalue weighted by molar-refractivity contribution is 0.669. The molecule has 0 fully saturated rings. The molecule has 2 heteroatoms. The van der Waals surface area contributed by atoms with E-state index in [0.717, 1.165) is 39.0 Å². The van der Waals surface area contributed by atoms with Gasteiger partial charge in [0.2, 0.25) is 0 Å². The number of hydrogen-bond donors (Lipinski definition) is 0. The monoisotopic (exact) mass is 639 g/mol. The van der Waals surface area contributed by atoms with Gasteiger partial charge in [0.05, 0.1) is 5.69 Å². The summed E-state index contributed by atoms with van der Waals surface area (Å²) >= 11 is 0. The van der Waals surface area contributed by atoms with Gasteiger partial charge in [-0.2, -0.15) is 0 Å². The van der Waals surface area contributed by atoms with Crippen molar-refractivity contribution in [2.75, 3.05) is 4.90 Å². The number of furan rings is 1. The molecule has 1 heterocycles. The summed E-state index contributed by atoms with van der Waals surface area (Å²) < 4.78 is 6.58. The largest absolute Gasteiger partial charge is 0.454 e. The van der Waals surface area contributed by atoms with Gasteiger partial charge in [0.25, 0.3) is 0 Å². The first-order chi connectivity index (χ1) is 24.8. The van der Waals surface area contributed by atoms with Crippen LogP contribution in [0.2, 0.25) is 0 Å². The van der Waals surface area contributed by atoms with Gasteiger partial charge in [-0.25, -0.2) is 0 Å². The zero-order valence-corrected chi connectivity index (χ0v) is 27.4. The van der Waals surface area contributed by atoms with Crippen LogP contribution in [0.1, 0.15) is 0 Å². The fourth-order valence-electron chi connectivity index (χ4n) is 7.12. The fraction of sp³-hybridized carbons (Fsp3) is 0. The molecule has 8 aromatic carbocycles. The zero-order valence-electron chi connectivity index (χ0n) is 27.4. The van der Waals surface area contributed by atoms with E-state index >= 15 is 0 Å². The predicted octanol–water partition coefficient (Wildman–Crippen LogP) is 13.7. The van der Waals surface area contributed by atoms with E-state index in [1.807, 2.05) is 12.1 Å². The Balaban J connectivity index is 1.17. The van der Waals surface area contributed by atoms with Gasteiger partial charge in [0.15, 0.2) is 5.58 Å². The van der Waals surface area contributed by atoms with E-state index in [0.29, 0.717) is 0 Å². The van der Waals surface area contributed by atoms with Crippen LogP contribution in [0.25, 0.3) is 66.4 Å². The van der Waals surface area contributed by atoms with Gasteiger partial charge in [-0.15, -0.1) is 0 Å². The highest BCUT2D eigenvalue weighted by Crippen LogP contribution is 2.43. The Hall–Kier alpha value is -6.64. The van der Waals surface area contributed by atoms with Crippen LogP contribution in [0.3, 0.4) is 0 Å². The Morgan fingerprint density at radius 2 is 0.700 bits per heavy atom. The minimum atomic E-state index is 0.866. The van der Waals surface area contributed by atoms with Crippen LogP contribution >= 0.6 is 0 Å².